The Morgan fingerprint density at radius 1 is 0.895 bits per heavy atom. The third-order valence-corrected chi connectivity index (χ3v) is 2.70. The van der Waals surface area contributed by atoms with Crippen molar-refractivity contribution >= 4 is 5.69 Å². The van der Waals surface area contributed by atoms with Crippen LogP contribution in [-0.2, 0) is 0 Å². The minimum atomic E-state index is 0.481. The molecule has 0 aromatic heterocycles. The van der Waals surface area contributed by atoms with Gasteiger partial charge >= 0.3 is 0 Å². The number of anilines is 1. The summed E-state index contributed by atoms with van der Waals surface area (Å²) in [6.07, 6.45) is 0. The predicted octanol–water partition coefficient (Wildman–Crippen LogP) is 2.12. The third-order valence-electron chi connectivity index (χ3n) is 2.70. The first-order valence-electron chi connectivity index (χ1n) is 6.39. The van der Waals surface area contributed by atoms with E-state index in [1.165, 1.54) is 0 Å². The van der Waals surface area contributed by atoms with E-state index in [1.807, 2.05) is 12.1 Å². The summed E-state index contributed by atoms with van der Waals surface area (Å²) in [5, 5.41) is 6.67. The van der Waals surface area contributed by atoms with Crippen LogP contribution in [0.1, 0.15) is 13.8 Å². The van der Waals surface area contributed by atoms with Gasteiger partial charge in [-0.05, 0) is 0 Å². The van der Waals surface area contributed by atoms with E-state index in [2.05, 4.69) is 24.5 Å². The normalized spacial score (nSPS) is 10.4. The van der Waals surface area contributed by atoms with Crippen LogP contribution in [0.4, 0.5) is 5.69 Å². The van der Waals surface area contributed by atoms with Crippen LogP contribution in [0, 0.1) is 0 Å². The van der Waals surface area contributed by atoms with Crippen molar-refractivity contribution in [3.8, 4) is 17.2 Å². The highest BCUT2D eigenvalue weighted by atomic mass is 16.5. The van der Waals surface area contributed by atoms with E-state index >= 15 is 0 Å². The van der Waals surface area contributed by atoms with Gasteiger partial charge in [-0.3, -0.25) is 0 Å². The molecule has 0 atom stereocenters. The van der Waals surface area contributed by atoms with Crippen LogP contribution in [0.5, 0.6) is 17.2 Å². The second-order valence-corrected chi connectivity index (χ2v) is 4.44. The standard InChI is InChI=1S/C14H24N2O3/c1-10(2)15-6-7-16-11-8-13(18-4)14(19-5)9-12(11)17-3/h8-10,15-16H,6-7H2,1-5H3. The van der Waals surface area contributed by atoms with Gasteiger partial charge in [0.25, 0.3) is 0 Å². The van der Waals surface area contributed by atoms with Crippen LogP contribution in [0.25, 0.3) is 0 Å². The molecule has 1 aromatic rings. The van der Waals surface area contributed by atoms with Crippen molar-refractivity contribution in [2.24, 2.45) is 0 Å². The molecule has 1 aromatic carbocycles. The molecule has 0 amide bonds. The molecule has 2 N–H and O–H groups in total. The molecule has 0 saturated heterocycles. The zero-order valence-corrected chi connectivity index (χ0v) is 12.4. The topological polar surface area (TPSA) is 51.8 Å². The van der Waals surface area contributed by atoms with E-state index in [4.69, 9.17) is 14.2 Å². The fraction of sp³-hybridized carbons (Fsp3) is 0.571. The second kappa shape index (κ2) is 7.74. The smallest absolute Gasteiger partial charge is 0.164 e. The Hall–Kier alpha value is -1.62. The number of nitrogens with one attached hydrogen (secondary N) is 2. The molecule has 0 aliphatic heterocycles. The molecule has 0 aliphatic rings. The van der Waals surface area contributed by atoms with Gasteiger partial charge in [-0.1, -0.05) is 13.8 Å². The molecular weight excluding hydrogens is 244 g/mol. The average molecular weight is 268 g/mol. The first kappa shape index (κ1) is 15.4. The van der Waals surface area contributed by atoms with Crippen LogP contribution in [0.2, 0.25) is 0 Å². The van der Waals surface area contributed by atoms with Crippen LogP contribution in [0.15, 0.2) is 12.1 Å². The molecule has 0 fully saturated rings. The lowest BCUT2D eigenvalue weighted by Gasteiger charge is -2.16. The molecule has 108 valence electrons. The SMILES string of the molecule is COc1cc(OC)c(OC)cc1NCCNC(C)C. The number of methoxy groups -OCH3 is 3. The highest BCUT2D eigenvalue weighted by Crippen LogP contribution is 2.37. The van der Waals surface area contributed by atoms with Crippen LogP contribution in [0.3, 0.4) is 0 Å². The fourth-order valence-corrected chi connectivity index (χ4v) is 1.73. The quantitative estimate of drug-likeness (QED) is 0.707. The molecule has 0 heterocycles. The van der Waals surface area contributed by atoms with Crippen LogP contribution < -0.4 is 24.8 Å². The van der Waals surface area contributed by atoms with Gasteiger partial charge in [0.05, 0.1) is 27.0 Å². The Balaban J connectivity index is 2.75. The highest BCUT2D eigenvalue weighted by Gasteiger charge is 2.11. The van der Waals surface area contributed by atoms with E-state index in [9.17, 15) is 0 Å². The number of hydrogen-bond acceptors (Lipinski definition) is 5. The van der Waals surface area contributed by atoms with Gasteiger partial charge < -0.3 is 24.8 Å². The van der Waals surface area contributed by atoms with Gasteiger partial charge in [0.2, 0.25) is 0 Å². The zero-order chi connectivity index (χ0) is 14.3. The summed E-state index contributed by atoms with van der Waals surface area (Å²) in [5.74, 6) is 2.08. The maximum Gasteiger partial charge on any atom is 0.164 e. The number of ether oxygens (including phenoxy) is 3. The highest BCUT2D eigenvalue weighted by molar-refractivity contribution is 5.64. The van der Waals surface area contributed by atoms with Gasteiger partial charge in [-0.25, -0.2) is 0 Å². The zero-order valence-electron chi connectivity index (χ0n) is 12.4. The minimum Gasteiger partial charge on any atom is -0.494 e. The van der Waals surface area contributed by atoms with E-state index in [0.29, 0.717) is 17.5 Å². The van der Waals surface area contributed by atoms with Crippen molar-refractivity contribution in [2.75, 3.05) is 39.7 Å². The van der Waals surface area contributed by atoms with Crippen molar-refractivity contribution in [3.05, 3.63) is 12.1 Å². The van der Waals surface area contributed by atoms with E-state index in [1.54, 1.807) is 21.3 Å². The molecule has 0 aliphatic carbocycles. The predicted molar refractivity (Wildman–Crippen MR) is 77.7 cm³/mol. The molecule has 0 saturated carbocycles. The monoisotopic (exact) mass is 268 g/mol. The number of benzene rings is 1. The average Bonchev–Trinajstić information content (AvgIpc) is 2.42. The Bertz CT molecular complexity index is 395. The summed E-state index contributed by atoms with van der Waals surface area (Å²) in [6, 6.07) is 4.18. The lowest BCUT2D eigenvalue weighted by Crippen LogP contribution is -2.28. The first-order chi connectivity index (χ1) is 9.12. The van der Waals surface area contributed by atoms with Crippen LogP contribution in [-0.4, -0.2) is 40.5 Å². The van der Waals surface area contributed by atoms with Crippen molar-refractivity contribution in [2.45, 2.75) is 19.9 Å². The minimum absolute atomic E-state index is 0.481. The Kier molecular flexibility index (Phi) is 6.29. The molecule has 5 nitrogen and oxygen atoms in total. The maximum absolute atomic E-state index is 5.35. The summed E-state index contributed by atoms with van der Waals surface area (Å²) in [6.45, 7) is 5.94. The van der Waals surface area contributed by atoms with Crippen molar-refractivity contribution in [1.82, 2.24) is 5.32 Å². The Morgan fingerprint density at radius 2 is 1.47 bits per heavy atom. The second-order valence-electron chi connectivity index (χ2n) is 4.44. The molecule has 0 radical (unpaired) electrons. The fourth-order valence-electron chi connectivity index (χ4n) is 1.73. The van der Waals surface area contributed by atoms with Crippen molar-refractivity contribution in [1.29, 1.82) is 0 Å². The lowest BCUT2D eigenvalue weighted by atomic mass is 10.2. The van der Waals surface area contributed by atoms with Gasteiger partial charge in [0.1, 0.15) is 5.75 Å². The summed E-state index contributed by atoms with van der Waals surface area (Å²) in [7, 11) is 4.87. The number of hydrogen-bond donors (Lipinski definition) is 2. The summed E-state index contributed by atoms with van der Waals surface area (Å²) in [4.78, 5) is 0. The molecule has 1 rings (SSSR count). The maximum atomic E-state index is 5.35. The van der Waals surface area contributed by atoms with Crippen LogP contribution >= 0.6 is 0 Å². The molecular formula is C14H24N2O3. The molecule has 5 heteroatoms. The number of rotatable bonds is 8. The molecule has 0 unspecified atom stereocenters. The summed E-state index contributed by atoms with van der Waals surface area (Å²) < 4.78 is 15.9. The molecule has 19 heavy (non-hydrogen) atoms. The molecule has 0 spiro atoms. The van der Waals surface area contributed by atoms with E-state index in [0.717, 1.165) is 24.5 Å². The van der Waals surface area contributed by atoms with E-state index in [-0.39, 0.29) is 0 Å². The molecule has 0 bridgehead atoms. The van der Waals surface area contributed by atoms with Gasteiger partial charge in [0.15, 0.2) is 11.5 Å². The Labute approximate surface area is 115 Å². The third kappa shape index (κ3) is 4.52. The first-order valence-corrected chi connectivity index (χ1v) is 6.39. The van der Waals surface area contributed by atoms with Gasteiger partial charge in [0, 0.05) is 31.3 Å². The van der Waals surface area contributed by atoms with Gasteiger partial charge in [-0.2, -0.15) is 0 Å². The summed E-state index contributed by atoms with van der Waals surface area (Å²) >= 11 is 0. The largest absolute Gasteiger partial charge is 0.494 e. The van der Waals surface area contributed by atoms with Gasteiger partial charge in [-0.15, -0.1) is 0 Å². The Morgan fingerprint density at radius 3 is 2.00 bits per heavy atom. The lowest BCUT2D eigenvalue weighted by molar-refractivity contribution is 0.349. The van der Waals surface area contributed by atoms with Crippen molar-refractivity contribution in [3.63, 3.8) is 0 Å². The van der Waals surface area contributed by atoms with E-state index < -0.39 is 0 Å². The van der Waals surface area contributed by atoms with Crippen molar-refractivity contribution < 1.29 is 14.2 Å². The summed E-state index contributed by atoms with van der Waals surface area (Å²) in [5.41, 5.74) is 0.894.